The molecule has 14 heavy (non-hydrogen) atoms. The molecule has 76 valence electrons. The van der Waals surface area contributed by atoms with Gasteiger partial charge < -0.3 is 20.7 Å². The van der Waals surface area contributed by atoms with Crippen molar-refractivity contribution in [1.82, 2.24) is 5.32 Å². The molecule has 0 radical (unpaired) electrons. The summed E-state index contributed by atoms with van der Waals surface area (Å²) in [4.78, 5) is 0. The molecule has 1 unspecified atom stereocenters. The fraction of sp³-hybridized carbons (Fsp3) is 1.00. The SMILES string of the molecule is CCCCC(NC)[SH-]S(=O)(=O)[O-].[Na+].[Na+]. The molecule has 1 N–H and O–H groups in total. The Kier molecular flexibility index (Phi) is 18.0. The standard InChI is InChI=1S/C6H16NO3S2.2Na/c1-3-4-5-6(7-2)11-12(8,9)10;;/h6-7,11H,3-5H2,1-2H3,(H,8,9,10);;/q-1;2*+1/p-1. The minimum absolute atomic E-state index is 0. The van der Waals surface area contributed by atoms with Crippen molar-refractivity contribution in [3.8, 4) is 0 Å². The second kappa shape index (κ2) is 11.7. The number of thiol groups is 1. The average molecular weight is 259 g/mol. The molecule has 0 heterocycles. The third-order valence-electron chi connectivity index (χ3n) is 1.42. The van der Waals surface area contributed by atoms with Crippen LogP contribution in [0.15, 0.2) is 0 Å². The van der Waals surface area contributed by atoms with Crippen molar-refractivity contribution in [2.24, 2.45) is 0 Å². The van der Waals surface area contributed by atoms with E-state index in [9.17, 15) is 13.0 Å². The van der Waals surface area contributed by atoms with Crippen molar-refractivity contribution in [1.29, 1.82) is 0 Å². The van der Waals surface area contributed by atoms with Crippen LogP contribution in [0.4, 0.5) is 0 Å². The van der Waals surface area contributed by atoms with Crippen molar-refractivity contribution in [2.45, 2.75) is 31.6 Å². The third-order valence-corrected chi connectivity index (χ3v) is 3.99. The van der Waals surface area contributed by atoms with E-state index in [-0.39, 0.29) is 75.3 Å². The topological polar surface area (TPSA) is 69.2 Å². The van der Waals surface area contributed by atoms with Gasteiger partial charge in [-0.15, -0.1) is 0 Å². The molecule has 0 fully saturated rings. The van der Waals surface area contributed by atoms with E-state index in [0.717, 1.165) is 19.3 Å². The molecular formula is C6H15NNa2O3S2. The van der Waals surface area contributed by atoms with Gasteiger partial charge in [0.05, 0.1) is 0 Å². The van der Waals surface area contributed by atoms with Gasteiger partial charge in [-0.3, -0.25) is 8.42 Å². The molecule has 0 saturated heterocycles. The summed E-state index contributed by atoms with van der Waals surface area (Å²) in [5, 5.41) is 2.59. The van der Waals surface area contributed by atoms with Gasteiger partial charge in [0.25, 0.3) is 0 Å². The van der Waals surface area contributed by atoms with E-state index >= 15 is 0 Å². The van der Waals surface area contributed by atoms with Crippen molar-refractivity contribution < 1.29 is 72.1 Å². The average Bonchev–Trinajstić information content (AvgIpc) is 1.95. The van der Waals surface area contributed by atoms with Gasteiger partial charge in [-0.2, -0.15) is 0 Å². The predicted octanol–water partition coefficient (Wildman–Crippen LogP) is -5.99. The summed E-state index contributed by atoms with van der Waals surface area (Å²) in [6, 6.07) is 0. The van der Waals surface area contributed by atoms with Crippen molar-refractivity contribution >= 4 is 19.9 Å². The van der Waals surface area contributed by atoms with Gasteiger partial charge in [0, 0.05) is 9.15 Å². The first kappa shape index (κ1) is 21.5. The van der Waals surface area contributed by atoms with E-state index in [2.05, 4.69) is 5.32 Å². The molecule has 0 spiro atoms. The van der Waals surface area contributed by atoms with E-state index < -0.39 is 9.15 Å². The fourth-order valence-electron chi connectivity index (χ4n) is 0.803. The van der Waals surface area contributed by atoms with Crippen molar-refractivity contribution in [3.63, 3.8) is 0 Å². The second-order valence-electron chi connectivity index (χ2n) is 2.48. The molecule has 1 atom stereocenters. The molecule has 0 saturated carbocycles. The Hall–Kier alpha value is 2.22. The Morgan fingerprint density at radius 1 is 1.43 bits per heavy atom. The van der Waals surface area contributed by atoms with Crippen molar-refractivity contribution in [3.05, 3.63) is 0 Å². The quantitative estimate of drug-likeness (QED) is 0.169. The summed E-state index contributed by atoms with van der Waals surface area (Å²) < 4.78 is 31.1. The largest absolute Gasteiger partial charge is 1.00 e. The Labute approximate surface area is 134 Å². The molecule has 8 heteroatoms. The number of hydrogen-bond donors (Lipinski definition) is 1. The molecule has 0 rings (SSSR count). The summed E-state index contributed by atoms with van der Waals surface area (Å²) in [5.74, 6) is 0. The van der Waals surface area contributed by atoms with E-state index in [1.54, 1.807) is 7.05 Å². The molecule has 0 aliphatic heterocycles. The fourth-order valence-corrected chi connectivity index (χ4v) is 3.08. The second-order valence-corrected chi connectivity index (χ2v) is 6.14. The minimum atomic E-state index is -4.11. The van der Waals surface area contributed by atoms with E-state index in [0.29, 0.717) is 0 Å². The van der Waals surface area contributed by atoms with E-state index in [1.807, 2.05) is 6.92 Å². The molecule has 0 amide bonds. The van der Waals surface area contributed by atoms with Gasteiger partial charge in [0.1, 0.15) is 0 Å². The summed E-state index contributed by atoms with van der Waals surface area (Å²) in [5.41, 5.74) is 0. The van der Waals surface area contributed by atoms with Crippen LogP contribution in [0.5, 0.6) is 0 Å². The van der Waals surface area contributed by atoms with Crippen LogP contribution in [-0.2, 0) is 19.9 Å². The predicted molar refractivity (Wildman–Crippen MR) is 50.8 cm³/mol. The Bertz CT molecular complexity index is 211. The monoisotopic (exact) mass is 259 g/mol. The number of hydrogen-bond acceptors (Lipinski definition) is 5. The molecule has 0 bridgehead atoms. The molecule has 0 aliphatic rings. The maximum atomic E-state index is 10.4. The number of unbranched alkanes of at least 4 members (excludes halogenated alkanes) is 1. The van der Waals surface area contributed by atoms with Crippen LogP contribution in [0.25, 0.3) is 0 Å². The summed E-state index contributed by atoms with van der Waals surface area (Å²) in [6.07, 6.45) is 2.68. The van der Waals surface area contributed by atoms with Gasteiger partial charge in [-0.1, -0.05) is 31.6 Å². The molecule has 0 aliphatic carbocycles. The summed E-state index contributed by atoms with van der Waals surface area (Å²) >= 11 is 0. The zero-order valence-electron chi connectivity index (χ0n) is 9.28. The maximum absolute atomic E-state index is 10.4. The Morgan fingerprint density at radius 3 is 2.21 bits per heavy atom. The van der Waals surface area contributed by atoms with Crippen LogP contribution in [0, 0.1) is 0 Å². The first-order valence-electron chi connectivity index (χ1n) is 3.84. The minimum Gasteiger partial charge on any atom is -0.766 e. The zero-order valence-corrected chi connectivity index (χ0v) is 15.0. The smallest absolute Gasteiger partial charge is 0.766 e. The van der Waals surface area contributed by atoms with E-state index in [4.69, 9.17) is 0 Å². The van der Waals surface area contributed by atoms with E-state index in [1.165, 1.54) is 0 Å². The number of rotatable bonds is 6. The van der Waals surface area contributed by atoms with Gasteiger partial charge in [0.2, 0.25) is 0 Å². The van der Waals surface area contributed by atoms with Gasteiger partial charge in [0.15, 0.2) is 0 Å². The van der Waals surface area contributed by atoms with Crippen LogP contribution in [0.2, 0.25) is 0 Å². The van der Waals surface area contributed by atoms with Crippen LogP contribution in [0.3, 0.4) is 0 Å². The maximum Gasteiger partial charge on any atom is 1.00 e. The van der Waals surface area contributed by atoms with Crippen LogP contribution < -0.4 is 64.4 Å². The third kappa shape index (κ3) is 14.2. The molecule has 0 aromatic heterocycles. The zero-order chi connectivity index (χ0) is 9.61. The summed E-state index contributed by atoms with van der Waals surface area (Å²) in [7, 11) is -2.49. The Morgan fingerprint density at radius 2 is 1.93 bits per heavy atom. The first-order chi connectivity index (χ1) is 5.49. The van der Waals surface area contributed by atoms with Gasteiger partial charge in [-0.25, -0.2) is 0 Å². The van der Waals surface area contributed by atoms with Crippen molar-refractivity contribution in [2.75, 3.05) is 7.05 Å². The van der Waals surface area contributed by atoms with Gasteiger partial charge in [-0.05, 0) is 7.05 Å². The van der Waals surface area contributed by atoms with Crippen LogP contribution >= 0.6 is 0 Å². The molecule has 0 aromatic carbocycles. The molecule has 0 aromatic rings. The summed E-state index contributed by atoms with van der Waals surface area (Å²) in [6.45, 7) is 2.02. The van der Waals surface area contributed by atoms with Gasteiger partial charge >= 0.3 is 59.1 Å². The Balaban J connectivity index is -0.000000605. The number of nitrogens with one attached hydrogen (secondary N) is 1. The van der Waals surface area contributed by atoms with Crippen LogP contribution in [-0.4, -0.2) is 25.4 Å². The van der Waals surface area contributed by atoms with Crippen LogP contribution in [0.1, 0.15) is 26.2 Å². The molecule has 4 nitrogen and oxygen atoms in total. The first-order valence-corrected chi connectivity index (χ1v) is 6.82. The normalized spacial score (nSPS) is 12.8. The molecular weight excluding hydrogens is 244 g/mol.